The predicted octanol–water partition coefficient (Wildman–Crippen LogP) is 2.27. The van der Waals surface area contributed by atoms with Gasteiger partial charge in [-0.3, -0.25) is 4.79 Å². The summed E-state index contributed by atoms with van der Waals surface area (Å²) in [7, 11) is 2.05. The quantitative estimate of drug-likeness (QED) is 0.872. The van der Waals surface area contributed by atoms with Gasteiger partial charge in [0.05, 0.1) is 7.05 Å². The standard InChI is InChI=1S/C19H24N2O/c1-14-7-5-9-17(11-14)12-21(4)13-19(22)20-18-10-6-8-15(2)16(18)3/h5-11H,12-13H2,1-4H3,(H,20,22)/p+1. The van der Waals surface area contributed by atoms with Crippen molar-refractivity contribution in [1.82, 2.24) is 0 Å². The Labute approximate surface area is 133 Å². The number of anilines is 1. The lowest BCUT2D eigenvalue weighted by Gasteiger charge is -2.15. The summed E-state index contributed by atoms with van der Waals surface area (Å²) in [5.41, 5.74) is 5.75. The fourth-order valence-electron chi connectivity index (χ4n) is 2.59. The van der Waals surface area contributed by atoms with Crippen LogP contribution in [-0.4, -0.2) is 19.5 Å². The molecule has 0 aliphatic rings. The molecule has 0 spiro atoms. The Kier molecular flexibility index (Phi) is 5.34. The van der Waals surface area contributed by atoms with Crippen molar-refractivity contribution in [3.05, 3.63) is 64.7 Å². The van der Waals surface area contributed by atoms with Gasteiger partial charge in [0.15, 0.2) is 6.54 Å². The van der Waals surface area contributed by atoms with Gasteiger partial charge in [-0.25, -0.2) is 0 Å². The summed E-state index contributed by atoms with van der Waals surface area (Å²) >= 11 is 0. The van der Waals surface area contributed by atoms with Crippen LogP contribution in [0.15, 0.2) is 42.5 Å². The minimum absolute atomic E-state index is 0.0545. The average Bonchev–Trinajstić information content (AvgIpc) is 2.43. The molecule has 0 bridgehead atoms. The van der Waals surface area contributed by atoms with E-state index < -0.39 is 0 Å². The summed E-state index contributed by atoms with van der Waals surface area (Å²) in [6, 6.07) is 14.4. The fraction of sp³-hybridized carbons (Fsp3) is 0.316. The third-order valence-electron chi connectivity index (χ3n) is 3.93. The van der Waals surface area contributed by atoms with E-state index in [0.29, 0.717) is 6.54 Å². The zero-order chi connectivity index (χ0) is 16.1. The van der Waals surface area contributed by atoms with Crippen molar-refractivity contribution in [2.24, 2.45) is 0 Å². The Balaban J connectivity index is 1.92. The molecule has 0 saturated carbocycles. The molecule has 116 valence electrons. The first-order valence-corrected chi connectivity index (χ1v) is 7.68. The summed E-state index contributed by atoms with van der Waals surface area (Å²) in [5, 5.41) is 3.02. The number of likely N-dealkylation sites (N-methyl/N-ethyl adjacent to an activating group) is 1. The molecular formula is C19H25N2O+. The molecule has 3 heteroatoms. The first-order valence-electron chi connectivity index (χ1n) is 7.68. The SMILES string of the molecule is Cc1cccc(C[NH+](C)CC(=O)Nc2cccc(C)c2C)c1. The van der Waals surface area contributed by atoms with E-state index in [1.807, 2.05) is 26.1 Å². The van der Waals surface area contributed by atoms with E-state index >= 15 is 0 Å². The number of aryl methyl sites for hydroxylation is 2. The van der Waals surface area contributed by atoms with Crippen LogP contribution < -0.4 is 10.2 Å². The van der Waals surface area contributed by atoms with Crippen LogP contribution in [0.4, 0.5) is 5.69 Å². The van der Waals surface area contributed by atoms with E-state index in [1.165, 1.54) is 21.6 Å². The third kappa shape index (κ3) is 4.43. The molecule has 1 atom stereocenters. The maximum atomic E-state index is 12.2. The van der Waals surface area contributed by atoms with Crippen molar-refractivity contribution in [2.45, 2.75) is 27.3 Å². The van der Waals surface area contributed by atoms with Gasteiger partial charge in [0, 0.05) is 11.3 Å². The Bertz CT molecular complexity index is 664. The van der Waals surface area contributed by atoms with E-state index in [-0.39, 0.29) is 5.91 Å². The van der Waals surface area contributed by atoms with Gasteiger partial charge < -0.3 is 10.2 Å². The molecule has 0 aromatic heterocycles. The molecule has 0 aliphatic heterocycles. The largest absolute Gasteiger partial charge is 0.326 e. The second-order valence-electron chi connectivity index (χ2n) is 6.10. The van der Waals surface area contributed by atoms with Crippen molar-refractivity contribution in [1.29, 1.82) is 0 Å². The molecule has 2 N–H and O–H groups in total. The highest BCUT2D eigenvalue weighted by molar-refractivity contribution is 5.92. The van der Waals surface area contributed by atoms with Crippen LogP contribution in [0.5, 0.6) is 0 Å². The number of amides is 1. The molecule has 22 heavy (non-hydrogen) atoms. The molecular weight excluding hydrogens is 272 g/mol. The molecule has 1 unspecified atom stereocenters. The van der Waals surface area contributed by atoms with E-state index in [9.17, 15) is 4.79 Å². The topological polar surface area (TPSA) is 33.5 Å². The highest BCUT2D eigenvalue weighted by atomic mass is 16.2. The maximum Gasteiger partial charge on any atom is 0.279 e. The van der Waals surface area contributed by atoms with E-state index in [4.69, 9.17) is 0 Å². The highest BCUT2D eigenvalue weighted by Crippen LogP contribution is 2.17. The lowest BCUT2D eigenvalue weighted by Crippen LogP contribution is -3.08. The van der Waals surface area contributed by atoms with Crippen LogP contribution in [0.1, 0.15) is 22.3 Å². The molecule has 0 aliphatic carbocycles. The molecule has 2 aromatic rings. The Morgan fingerprint density at radius 1 is 1.09 bits per heavy atom. The Hall–Kier alpha value is -2.13. The van der Waals surface area contributed by atoms with Crippen LogP contribution in [-0.2, 0) is 11.3 Å². The molecule has 0 fully saturated rings. The van der Waals surface area contributed by atoms with Crippen LogP contribution in [0, 0.1) is 20.8 Å². The molecule has 2 aromatic carbocycles. The fourth-order valence-corrected chi connectivity index (χ4v) is 2.59. The zero-order valence-corrected chi connectivity index (χ0v) is 13.9. The molecule has 2 rings (SSSR count). The lowest BCUT2D eigenvalue weighted by molar-refractivity contribution is -0.885. The van der Waals surface area contributed by atoms with Gasteiger partial charge in [-0.15, -0.1) is 0 Å². The van der Waals surface area contributed by atoms with Gasteiger partial charge in [0.25, 0.3) is 5.91 Å². The number of nitrogens with one attached hydrogen (secondary N) is 2. The summed E-state index contributed by atoms with van der Waals surface area (Å²) in [5.74, 6) is 0.0545. The van der Waals surface area contributed by atoms with Crippen LogP contribution in [0.2, 0.25) is 0 Å². The predicted molar refractivity (Wildman–Crippen MR) is 91.2 cm³/mol. The second kappa shape index (κ2) is 7.23. The molecule has 3 nitrogen and oxygen atoms in total. The number of carbonyl (C=O) groups excluding carboxylic acids is 1. The van der Waals surface area contributed by atoms with Crippen LogP contribution >= 0.6 is 0 Å². The Morgan fingerprint density at radius 3 is 2.55 bits per heavy atom. The van der Waals surface area contributed by atoms with Gasteiger partial charge in [-0.2, -0.15) is 0 Å². The lowest BCUT2D eigenvalue weighted by atomic mass is 10.1. The van der Waals surface area contributed by atoms with Crippen molar-refractivity contribution < 1.29 is 9.69 Å². The summed E-state index contributed by atoms with van der Waals surface area (Å²) < 4.78 is 0. The molecule has 0 saturated heterocycles. The second-order valence-corrected chi connectivity index (χ2v) is 6.10. The van der Waals surface area contributed by atoms with Crippen LogP contribution in [0.3, 0.4) is 0 Å². The molecule has 1 amide bonds. The minimum atomic E-state index is 0.0545. The maximum absolute atomic E-state index is 12.2. The average molecular weight is 297 g/mol. The number of rotatable bonds is 5. The van der Waals surface area contributed by atoms with E-state index in [2.05, 4.69) is 49.5 Å². The van der Waals surface area contributed by atoms with Gasteiger partial charge in [0.2, 0.25) is 0 Å². The molecule has 0 radical (unpaired) electrons. The van der Waals surface area contributed by atoms with E-state index in [1.54, 1.807) is 0 Å². The van der Waals surface area contributed by atoms with Gasteiger partial charge in [-0.1, -0.05) is 42.0 Å². The van der Waals surface area contributed by atoms with Crippen molar-refractivity contribution >= 4 is 11.6 Å². The van der Waals surface area contributed by atoms with E-state index in [0.717, 1.165) is 17.8 Å². The van der Waals surface area contributed by atoms with Crippen molar-refractivity contribution in [2.75, 3.05) is 18.9 Å². The van der Waals surface area contributed by atoms with Crippen molar-refractivity contribution in [3.8, 4) is 0 Å². The number of benzene rings is 2. The van der Waals surface area contributed by atoms with Gasteiger partial charge in [0.1, 0.15) is 6.54 Å². The number of carbonyl (C=O) groups is 1. The van der Waals surface area contributed by atoms with Crippen LogP contribution in [0.25, 0.3) is 0 Å². The highest BCUT2D eigenvalue weighted by Gasteiger charge is 2.12. The Morgan fingerprint density at radius 2 is 1.82 bits per heavy atom. The number of quaternary nitrogens is 1. The summed E-state index contributed by atoms with van der Waals surface area (Å²) in [4.78, 5) is 13.4. The number of hydrogen-bond donors (Lipinski definition) is 2. The monoisotopic (exact) mass is 297 g/mol. The first-order chi connectivity index (χ1) is 10.5. The van der Waals surface area contributed by atoms with Gasteiger partial charge >= 0.3 is 0 Å². The normalized spacial score (nSPS) is 12.0. The van der Waals surface area contributed by atoms with Gasteiger partial charge in [-0.05, 0) is 38.0 Å². The third-order valence-corrected chi connectivity index (χ3v) is 3.93. The first kappa shape index (κ1) is 16.2. The smallest absolute Gasteiger partial charge is 0.279 e. The summed E-state index contributed by atoms with van der Waals surface area (Å²) in [6.07, 6.45) is 0. The minimum Gasteiger partial charge on any atom is -0.326 e. The number of hydrogen-bond acceptors (Lipinski definition) is 1. The van der Waals surface area contributed by atoms with Crippen molar-refractivity contribution in [3.63, 3.8) is 0 Å². The molecule has 0 heterocycles. The zero-order valence-electron chi connectivity index (χ0n) is 13.9. The summed E-state index contributed by atoms with van der Waals surface area (Å²) in [6.45, 7) is 7.49.